The molecular formula is C20H16BrF3N4O3S. The van der Waals surface area contributed by atoms with E-state index < -0.39 is 32.9 Å². The number of alkyl halides is 3. The molecule has 1 amide bonds. The van der Waals surface area contributed by atoms with Crippen molar-refractivity contribution in [2.24, 2.45) is 0 Å². The van der Waals surface area contributed by atoms with Crippen molar-refractivity contribution in [1.29, 1.82) is 4.78 Å². The molecule has 1 unspecified atom stereocenters. The summed E-state index contributed by atoms with van der Waals surface area (Å²) >= 11 is 3.20. The highest BCUT2D eigenvalue weighted by Gasteiger charge is 2.33. The number of hydrogen-bond acceptors (Lipinski definition) is 6. The number of halogens is 4. The van der Waals surface area contributed by atoms with Crippen molar-refractivity contribution in [3.63, 3.8) is 0 Å². The number of anilines is 1. The van der Waals surface area contributed by atoms with Crippen LogP contribution in [0.2, 0.25) is 0 Å². The fraction of sp³-hybridized carbons (Fsp3) is 0.150. The number of carbonyl (C=O) groups is 1. The third kappa shape index (κ3) is 5.62. The molecule has 1 atom stereocenters. The van der Waals surface area contributed by atoms with Crippen LogP contribution < -0.4 is 10.1 Å². The zero-order chi connectivity index (χ0) is 23.7. The van der Waals surface area contributed by atoms with Crippen LogP contribution in [0.4, 0.5) is 18.9 Å². The minimum absolute atomic E-state index is 0.152. The van der Waals surface area contributed by atoms with Crippen LogP contribution in [0, 0.1) is 11.7 Å². The molecular weight excluding hydrogens is 513 g/mol. The van der Waals surface area contributed by atoms with Gasteiger partial charge in [0.15, 0.2) is 5.75 Å². The molecule has 12 heteroatoms. The van der Waals surface area contributed by atoms with Gasteiger partial charge >= 0.3 is 6.18 Å². The summed E-state index contributed by atoms with van der Waals surface area (Å²) in [6, 6.07) is 9.44. The number of aryl methyl sites for hydroxylation is 1. The first-order chi connectivity index (χ1) is 14.8. The second-order valence-electron chi connectivity index (χ2n) is 6.72. The van der Waals surface area contributed by atoms with Gasteiger partial charge in [-0.25, -0.2) is 19.0 Å². The molecule has 0 aliphatic carbocycles. The Bertz CT molecular complexity index is 1300. The summed E-state index contributed by atoms with van der Waals surface area (Å²) in [7, 11) is -3.06. The van der Waals surface area contributed by atoms with Crippen molar-refractivity contribution in [2.75, 3.05) is 11.6 Å². The molecule has 0 fully saturated rings. The summed E-state index contributed by atoms with van der Waals surface area (Å²) < 4.78 is 65.4. The van der Waals surface area contributed by atoms with Gasteiger partial charge in [0.25, 0.3) is 5.91 Å². The maximum atomic E-state index is 13.2. The van der Waals surface area contributed by atoms with Crippen LogP contribution in [0.5, 0.6) is 11.6 Å². The molecule has 7 nitrogen and oxygen atoms in total. The number of amides is 1. The van der Waals surface area contributed by atoms with Gasteiger partial charge in [-0.2, -0.15) is 13.2 Å². The second-order valence-corrected chi connectivity index (χ2v) is 9.69. The first kappa shape index (κ1) is 23.7. The molecule has 0 saturated heterocycles. The third-order valence-corrected chi connectivity index (χ3v) is 5.77. The third-order valence-electron chi connectivity index (χ3n) is 4.17. The lowest BCUT2D eigenvalue weighted by Gasteiger charge is -2.14. The number of nitrogens with one attached hydrogen (secondary N) is 2. The fourth-order valence-electron chi connectivity index (χ4n) is 2.60. The summed E-state index contributed by atoms with van der Waals surface area (Å²) in [6.45, 7) is 1.62. The summed E-state index contributed by atoms with van der Waals surface area (Å²) in [4.78, 5) is 20.9. The average molecular weight is 529 g/mol. The van der Waals surface area contributed by atoms with Crippen molar-refractivity contribution < 1.29 is 26.9 Å². The maximum absolute atomic E-state index is 13.2. The predicted octanol–water partition coefficient (Wildman–Crippen LogP) is 5.65. The monoisotopic (exact) mass is 528 g/mol. The molecule has 0 radical (unpaired) electrons. The minimum atomic E-state index is -4.73. The van der Waals surface area contributed by atoms with Crippen LogP contribution in [0.25, 0.3) is 0 Å². The number of pyridine rings is 2. The number of hydrogen-bond donors (Lipinski definition) is 2. The molecule has 1 aromatic carbocycles. The molecule has 0 aliphatic heterocycles. The average Bonchev–Trinajstić information content (AvgIpc) is 2.69. The van der Waals surface area contributed by atoms with Gasteiger partial charge in [-0.05, 0) is 59.3 Å². The van der Waals surface area contributed by atoms with Crippen LogP contribution in [0.15, 0.2) is 58.2 Å². The maximum Gasteiger partial charge on any atom is 0.417 e. The highest BCUT2D eigenvalue weighted by molar-refractivity contribution is 9.10. The SMILES string of the molecule is Cc1nc(Br)ccc1Oc1ncc(C(F)(F)F)cc1C(=O)Nc1cccc(S(C)(=N)=O)c1. The highest BCUT2D eigenvalue weighted by Crippen LogP contribution is 2.33. The molecule has 0 bridgehead atoms. The van der Waals surface area contributed by atoms with Gasteiger partial charge in [0, 0.05) is 23.0 Å². The summed E-state index contributed by atoms with van der Waals surface area (Å²) in [5, 5.41) is 2.44. The molecule has 0 aliphatic rings. The standard InChI is InChI=1S/C20H16BrF3N4O3S/c1-11-16(6-7-17(21)27-11)31-19-15(8-12(10-26-19)20(22,23)24)18(29)28-13-4-3-5-14(9-13)32(2,25)30/h3-10,25H,1-2H3,(H,28,29). The van der Waals surface area contributed by atoms with Crippen LogP contribution >= 0.6 is 15.9 Å². The number of aromatic nitrogens is 2. The van der Waals surface area contributed by atoms with Crippen molar-refractivity contribution in [1.82, 2.24) is 9.97 Å². The van der Waals surface area contributed by atoms with Crippen molar-refractivity contribution in [3.05, 3.63) is 70.1 Å². The van der Waals surface area contributed by atoms with Gasteiger partial charge < -0.3 is 10.1 Å². The van der Waals surface area contributed by atoms with Gasteiger partial charge in [-0.15, -0.1) is 0 Å². The lowest BCUT2D eigenvalue weighted by Crippen LogP contribution is -2.16. The zero-order valence-electron chi connectivity index (χ0n) is 16.7. The topological polar surface area (TPSA) is 105 Å². The number of rotatable bonds is 5. The van der Waals surface area contributed by atoms with E-state index in [2.05, 4.69) is 31.2 Å². The number of benzene rings is 1. The first-order valence-corrected chi connectivity index (χ1v) is 11.6. The van der Waals surface area contributed by atoms with E-state index in [9.17, 15) is 22.2 Å². The highest BCUT2D eigenvalue weighted by atomic mass is 79.9. The van der Waals surface area contributed by atoms with Crippen LogP contribution in [-0.4, -0.2) is 26.3 Å². The Labute approximate surface area is 190 Å². The number of ether oxygens (including phenoxy) is 1. The molecule has 3 rings (SSSR count). The Hall–Kier alpha value is -2.99. The van der Waals surface area contributed by atoms with Gasteiger partial charge in [0.2, 0.25) is 5.88 Å². The van der Waals surface area contributed by atoms with E-state index in [-0.39, 0.29) is 22.2 Å². The molecule has 0 spiro atoms. The van der Waals surface area contributed by atoms with Gasteiger partial charge in [0.05, 0.1) is 21.0 Å². The molecule has 2 heterocycles. The molecule has 2 N–H and O–H groups in total. The van der Waals surface area contributed by atoms with E-state index in [1.54, 1.807) is 13.0 Å². The summed E-state index contributed by atoms with van der Waals surface area (Å²) in [5.74, 6) is -1.07. The summed E-state index contributed by atoms with van der Waals surface area (Å²) in [6.07, 6.45) is -2.94. The Kier molecular flexibility index (Phi) is 6.56. The van der Waals surface area contributed by atoms with Gasteiger partial charge in [-0.3, -0.25) is 4.79 Å². The van der Waals surface area contributed by atoms with Gasteiger partial charge in [0.1, 0.15) is 10.2 Å². The quantitative estimate of drug-likeness (QED) is 0.416. The Morgan fingerprint density at radius 3 is 2.56 bits per heavy atom. The van der Waals surface area contributed by atoms with E-state index in [1.807, 2.05) is 0 Å². The van der Waals surface area contributed by atoms with Crippen molar-refractivity contribution in [3.8, 4) is 11.6 Å². The van der Waals surface area contributed by atoms with Crippen LogP contribution in [0.1, 0.15) is 21.6 Å². The predicted molar refractivity (Wildman–Crippen MR) is 115 cm³/mol. The zero-order valence-corrected chi connectivity index (χ0v) is 19.1. The van der Waals surface area contributed by atoms with E-state index in [4.69, 9.17) is 9.52 Å². The van der Waals surface area contributed by atoms with E-state index in [0.29, 0.717) is 22.6 Å². The lowest BCUT2D eigenvalue weighted by molar-refractivity contribution is -0.137. The Morgan fingerprint density at radius 1 is 1.22 bits per heavy atom. The normalized spacial score (nSPS) is 13.3. The van der Waals surface area contributed by atoms with E-state index in [1.165, 1.54) is 36.6 Å². The minimum Gasteiger partial charge on any atom is -0.436 e. The molecule has 2 aromatic heterocycles. The number of nitrogens with zero attached hydrogens (tertiary/aromatic N) is 2. The largest absolute Gasteiger partial charge is 0.436 e. The molecule has 3 aromatic rings. The Balaban J connectivity index is 2.01. The number of carbonyl (C=O) groups excluding carboxylic acids is 1. The molecule has 32 heavy (non-hydrogen) atoms. The van der Waals surface area contributed by atoms with Crippen LogP contribution in [0.3, 0.4) is 0 Å². The molecule has 168 valence electrons. The first-order valence-electron chi connectivity index (χ1n) is 8.88. The van der Waals surface area contributed by atoms with Crippen molar-refractivity contribution in [2.45, 2.75) is 18.0 Å². The second kappa shape index (κ2) is 8.87. The fourth-order valence-corrected chi connectivity index (χ4v) is 3.68. The lowest BCUT2D eigenvalue weighted by atomic mass is 10.1. The summed E-state index contributed by atoms with van der Waals surface area (Å²) in [5.41, 5.74) is -1.01. The smallest absolute Gasteiger partial charge is 0.417 e. The van der Waals surface area contributed by atoms with Crippen molar-refractivity contribution >= 4 is 37.3 Å². The van der Waals surface area contributed by atoms with Crippen LogP contribution in [-0.2, 0) is 15.9 Å². The van der Waals surface area contributed by atoms with E-state index >= 15 is 0 Å². The molecule has 0 saturated carbocycles. The Morgan fingerprint density at radius 2 is 1.94 bits per heavy atom. The van der Waals surface area contributed by atoms with E-state index in [0.717, 1.165) is 0 Å². The van der Waals surface area contributed by atoms with Gasteiger partial charge in [-0.1, -0.05) is 6.07 Å².